The number of hydrogen-bond acceptors (Lipinski definition) is 5. The van der Waals surface area contributed by atoms with Crippen LogP contribution in [-0.4, -0.2) is 31.2 Å². The number of hydrogen-bond donors (Lipinski definition) is 1. The van der Waals surface area contributed by atoms with Crippen LogP contribution in [0.5, 0.6) is 0 Å². The van der Waals surface area contributed by atoms with Gasteiger partial charge >= 0.3 is 5.97 Å². The van der Waals surface area contributed by atoms with Gasteiger partial charge in [-0.15, -0.1) is 17.9 Å². The minimum atomic E-state index is -0.599. The van der Waals surface area contributed by atoms with Crippen molar-refractivity contribution in [2.75, 3.05) is 18.5 Å². The number of aryl methyl sites for hydroxylation is 1. The fraction of sp³-hybridized carbons (Fsp3) is 0.500. The maximum Gasteiger partial charge on any atom is 0.341 e. The molecule has 0 spiro atoms. The fourth-order valence-electron chi connectivity index (χ4n) is 1.78. The molecule has 0 saturated heterocycles. The molecule has 0 aromatic carbocycles. The number of thiophene rings is 1. The first-order valence-corrected chi connectivity index (χ1v) is 8.04. The van der Waals surface area contributed by atoms with Gasteiger partial charge in [0.15, 0.2) is 0 Å². The lowest BCUT2D eigenvalue weighted by Gasteiger charge is -2.13. The molecule has 0 aliphatic rings. The molecule has 0 fully saturated rings. The minimum Gasteiger partial charge on any atom is -0.462 e. The summed E-state index contributed by atoms with van der Waals surface area (Å²) in [6.07, 6.45) is 1.82. The highest BCUT2D eigenvalue weighted by Gasteiger charge is 2.23. The third-order valence-corrected chi connectivity index (χ3v) is 4.28. The number of esters is 1. The van der Waals surface area contributed by atoms with Crippen LogP contribution in [0.4, 0.5) is 5.00 Å². The van der Waals surface area contributed by atoms with Crippen LogP contribution >= 0.6 is 11.3 Å². The van der Waals surface area contributed by atoms with Crippen molar-refractivity contribution in [3.8, 4) is 0 Å². The van der Waals surface area contributed by atoms with Crippen molar-refractivity contribution >= 4 is 28.2 Å². The number of anilines is 1. The summed E-state index contributed by atoms with van der Waals surface area (Å²) in [7, 11) is 0. The number of amides is 1. The van der Waals surface area contributed by atoms with Gasteiger partial charge in [0.25, 0.3) is 5.91 Å². The lowest BCUT2D eigenvalue weighted by molar-refractivity contribution is -0.126. The SMILES string of the molecule is C=CCCOC(C)C(=O)Nc1sc(C)c(C)c1C(=O)OCC. The number of carbonyl (C=O) groups excluding carboxylic acids is 2. The predicted octanol–water partition coefficient (Wildman–Crippen LogP) is 3.46. The van der Waals surface area contributed by atoms with Crippen molar-refractivity contribution < 1.29 is 19.1 Å². The van der Waals surface area contributed by atoms with Crippen molar-refractivity contribution in [1.82, 2.24) is 0 Å². The van der Waals surface area contributed by atoms with Crippen LogP contribution in [0.2, 0.25) is 0 Å². The zero-order valence-electron chi connectivity index (χ0n) is 13.5. The van der Waals surface area contributed by atoms with Gasteiger partial charge in [0.05, 0.1) is 18.8 Å². The molecular formula is C16H23NO4S. The summed E-state index contributed by atoms with van der Waals surface area (Å²) < 4.78 is 10.5. The maximum atomic E-state index is 12.2. The quantitative estimate of drug-likeness (QED) is 0.451. The van der Waals surface area contributed by atoms with Crippen molar-refractivity contribution in [1.29, 1.82) is 0 Å². The minimum absolute atomic E-state index is 0.282. The summed E-state index contributed by atoms with van der Waals surface area (Å²) in [5.74, 6) is -0.698. The van der Waals surface area contributed by atoms with E-state index in [1.165, 1.54) is 11.3 Å². The Morgan fingerprint density at radius 2 is 2.09 bits per heavy atom. The first-order valence-electron chi connectivity index (χ1n) is 7.22. The molecule has 1 unspecified atom stereocenters. The van der Waals surface area contributed by atoms with Gasteiger partial charge < -0.3 is 14.8 Å². The standard InChI is InChI=1S/C16H23NO4S/c1-6-8-9-21-11(4)14(18)17-15-13(16(19)20-7-2)10(3)12(5)22-15/h6,11H,1,7-9H2,2-5H3,(H,17,18). The van der Waals surface area contributed by atoms with E-state index in [9.17, 15) is 9.59 Å². The van der Waals surface area contributed by atoms with Crippen LogP contribution in [0, 0.1) is 13.8 Å². The second kappa shape index (κ2) is 8.70. The average molecular weight is 325 g/mol. The zero-order chi connectivity index (χ0) is 16.7. The van der Waals surface area contributed by atoms with Crippen LogP contribution in [0.15, 0.2) is 12.7 Å². The van der Waals surface area contributed by atoms with Crippen molar-refractivity contribution in [3.63, 3.8) is 0 Å². The predicted molar refractivity (Wildman–Crippen MR) is 88.6 cm³/mol. The number of ether oxygens (including phenoxy) is 2. The molecular weight excluding hydrogens is 302 g/mol. The molecule has 1 heterocycles. The van der Waals surface area contributed by atoms with E-state index in [4.69, 9.17) is 9.47 Å². The molecule has 0 saturated carbocycles. The van der Waals surface area contributed by atoms with E-state index in [-0.39, 0.29) is 5.91 Å². The van der Waals surface area contributed by atoms with Crippen LogP contribution in [-0.2, 0) is 14.3 Å². The molecule has 6 heteroatoms. The van der Waals surface area contributed by atoms with E-state index in [1.54, 1.807) is 19.9 Å². The van der Waals surface area contributed by atoms with Gasteiger partial charge in [0.2, 0.25) is 0 Å². The van der Waals surface area contributed by atoms with Crippen LogP contribution in [0.3, 0.4) is 0 Å². The Bertz CT molecular complexity index is 551. The molecule has 1 N–H and O–H groups in total. The van der Waals surface area contributed by atoms with Gasteiger partial charge in [-0.3, -0.25) is 4.79 Å². The third-order valence-electron chi connectivity index (χ3n) is 3.16. The molecule has 0 radical (unpaired) electrons. The van der Waals surface area contributed by atoms with E-state index in [1.807, 2.05) is 13.8 Å². The molecule has 0 aliphatic heterocycles. The Morgan fingerprint density at radius 3 is 2.68 bits per heavy atom. The van der Waals surface area contributed by atoms with Crippen LogP contribution in [0.25, 0.3) is 0 Å². The lowest BCUT2D eigenvalue weighted by Crippen LogP contribution is -2.28. The van der Waals surface area contributed by atoms with Gasteiger partial charge in [-0.1, -0.05) is 6.08 Å². The summed E-state index contributed by atoms with van der Waals surface area (Å²) in [6, 6.07) is 0. The van der Waals surface area contributed by atoms with Crippen molar-refractivity contribution in [2.45, 2.75) is 40.2 Å². The molecule has 1 rings (SSSR count). The summed E-state index contributed by atoms with van der Waals surface area (Å²) in [5, 5.41) is 3.28. The highest BCUT2D eigenvalue weighted by Crippen LogP contribution is 2.33. The Hall–Kier alpha value is -1.66. The van der Waals surface area contributed by atoms with E-state index in [0.29, 0.717) is 30.2 Å². The number of carbonyl (C=O) groups is 2. The highest BCUT2D eigenvalue weighted by atomic mass is 32.1. The van der Waals surface area contributed by atoms with Gasteiger partial charge in [0.1, 0.15) is 11.1 Å². The third kappa shape index (κ3) is 4.68. The van der Waals surface area contributed by atoms with Crippen LogP contribution in [0.1, 0.15) is 41.1 Å². The Balaban J connectivity index is 2.84. The maximum absolute atomic E-state index is 12.2. The molecule has 1 aromatic heterocycles. The molecule has 1 amide bonds. The Labute approximate surface area is 135 Å². The monoisotopic (exact) mass is 325 g/mol. The van der Waals surface area contributed by atoms with E-state index in [2.05, 4.69) is 11.9 Å². The van der Waals surface area contributed by atoms with Gasteiger partial charge in [-0.25, -0.2) is 4.79 Å². The molecule has 0 aliphatic carbocycles. The van der Waals surface area contributed by atoms with Gasteiger partial charge in [-0.05, 0) is 39.7 Å². The molecule has 1 aromatic rings. The largest absolute Gasteiger partial charge is 0.462 e. The van der Waals surface area contributed by atoms with Gasteiger partial charge in [0, 0.05) is 4.88 Å². The summed E-state index contributed by atoms with van der Waals surface area (Å²) in [6.45, 7) is 11.5. The fourth-order valence-corrected chi connectivity index (χ4v) is 2.83. The zero-order valence-corrected chi connectivity index (χ0v) is 14.3. The van der Waals surface area contributed by atoms with Crippen molar-refractivity contribution in [3.05, 3.63) is 28.7 Å². The Kier molecular flexibility index (Phi) is 7.27. The topological polar surface area (TPSA) is 64.6 Å². The summed E-state index contributed by atoms with van der Waals surface area (Å²) >= 11 is 1.36. The Morgan fingerprint density at radius 1 is 1.41 bits per heavy atom. The highest BCUT2D eigenvalue weighted by molar-refractivity contribution is 7.16. The molecule has 122 valence electrons. The second-order valence-corrected chi connectivity index (χ2v) is 6.01. The van der Waals surface area contributed by atoms with E-state index < -0.39 is 12.1 Å². The first kappa shape index (κ1) is 18.4. The van der Waals surface area contributed by atoms with E-state index >= 15 is 0 Å². The normalized spacial score (nSPS) is 11.8. The summed E-state index contributed by atoms with van der Waals surface area (Å²) in [5.41, 5.74) is 1.26. The molecule has 5 nitrogen and oxygen atoms in total. The van der Waals surface area contributed by atoms with Crippen LogP contribution < -0.4 is 5.32 Å². The van der Waals surface area contributed by atoms with E-state index in [0.717, 1.165) is 10.4 Å². The second-order valence-electron chi connectivity index (χ2n) is 4.79. The first-order chi connectivity index (χ1) is 10.4. The molecule has 22 heavy (non-hydrogen) atoms. The molecule has 1 atom stereocenters. The smallest absolute Gasteiger partial charge is 0.341 e. The number of rotatable bonds is 8. The average Bonchev–Trinajstić information content (AvgIpc) is 2.74. The lowest BCUT2D eigenvalue weighted by atomic mass is 10.1. The van der Waals surface area contributed by atoms with Gasteiger partial charge in [-0.2, -0.15) is 0 Å². The summed E-state index contributed by atoms with van der Waals surface area (Å²) in [4.78, 5) is 25.2. The number of nitrogens with one attached hydrogen (secondary N) is 1. The molecule has 0 bridgehead atoms. The van der Waals surface area contributed by atoms with Crippen molar-refractivity contribution in [2.24, 2.45) is 0 Å².